The van der Waals surface area contributed by atoms with Crippen LogP contribution < -0.4 is 5.43 Å². The quantitative estimate of drug-likeness (QED) is 0.388. The molecule has 0 amide bonds. The lowest BCUT2D eigenvalue weighted by Gasteiger charge is -2.05. The Hall–Kier alpha value is -3.18. The van der Waals surface area contributed by atoms with Crippen LogP contribution in [0, 0.1) is 0 Å². The van der Waals surface area contributed by atoms with Gasteiger partial charge in [0.2, 0.25) is 5.13 Å². The molecule has 0 unspecified atom stereocenters. The maximum absolute atomic E-state index is 10.1. The third-order valence-electron chi connectivity index (χ3n) is 4.00. The van der Waals surface area contributed by atoms with Gasteiger partial charge in [-0.15, -0.1) is 0 Å². The van der Waals surface area contributed by atoms with Crippen molar-refractivity contribution in [3.8, 4) is 5.75 Å². The van der Waals surface area contributed by atoms with Crippen LogP contribution in [0.1, 0.15) is 16.7 Å². The van der Waals surface area contributed by atoms with Gasteiger partial charge in [-0.25, -0.2) is 4.98 Å². The molecule has 2 N–H and O–H groups in total. The van der Waals surface area contributed by atoms with Crippen molar-refractivity contribution in [2.24, 2.45) is 5.10 Å². The summed E-state index contributed by atoms with van der Waals surface area (Å²) in [5.74, 6) is 0.205. The molecule has 0 saturated carbocycles. The first-order chi connectivity index (χ1) is 12.8. The van der Waals surface area contributed by atoms with Crippen molar-refractivity contribution >= 4 is 32.9 Å². The second-order valence-electron chi connectivity index (χ2n) is 5.91. The molecule has 5 heteroatoms. The summed E-state index contributed by atoms with van der Waals surface area (Å²) in [5, 5.41) is 15.0. The molecule has 1 heterocycles. The number of anilines is 1. The molecule has 4 rings (SSSR count). The van der Waals surface area contributed by atoms with Crippen molar-refractivity contribution in [2.75, 3.05) is 5.43 Å². The van der Waals surface area contributed by atoms with Gasteiger partial charge in [-0.05, 0) is 41.8 Å². The molecular weight excluding hydrogens is 342 g/mol. The maximum Gasteiger partial charge on any atom is 0.204 e. The van der Waals surface area contributed by atoms with E-state index in [-0.39, 0.29) is 5.75 Å². The number of fused-ring (bicyclic) bond motifs is 1. The number of thiazole rings is 1. The molecule has 0 aliphatic heterocycles. The predicted molar refractivity (Wildman–Crippen MR) is 108 cm³/mol. The van der Waals surface area contributed by atoms with E-state index in [1.165, 1.54) is 5.56 Å². The fourth-order valence-corrected chi connectivity index (χ4v) is 3.54. The van der Waals surface area contributed by atoms with E-state index >= 15 is 0 Å². The molecule has 4 nitrogen and oxygen atoms in total. The number of rotatable bonds is 5. The van der Waals surface area contributed by atoms with Gasteiger partial charge in [0, 0.05) is 5.56 Å². The summed E-state index contributed by atoms with van der Waals surface area (Å²) < 4.78 is 1.11. The van der Waals surface area contributed by atoms with E-state index < -0.39 is 0 Å². The van der Waals surface area contributed by atoms with E-state index in [4.69, 9.17) is 0 Å². The number of hydrogen-bond donors (Lipinski definition) is 2. The van der Waals surface area contributed by atoms with E-state index in [1.54, 1.807) is 23.6 Å². The summed E-state index contributed by atoms with van der Waals surface area (Å²) in [6.07, 6.45) is 2.43. The molecule has 1 aromatic heterocycles. The third kappa shape index (κ3) is 3.73. The zero-order chi connectivity index (χ0) is 17.8. The first kappa shape index (κ1) is 16.3. The Kier molecular flexibility index (Phi) is 4.62. The summed E-state index contributed by atoms with van der Waals surface area (Å²) in [4.78, 5) is 4.47. The average molecular weight is 359 g/mol. The number of para-hydroxylation sites is 1. The van der Waals surface area contributed by atoms with Gasteiger partial charge in [0.05, 0.1) is 16.4 Å². The molecule has 0 radical (unpaired) electrons. The molecule has 128 valence electrons. The van der Waals surface area contributed by atoms with Crippen molar-refractivity contribution in [1.29, 1.82) is 0 Å². The maximum atomic E-state index is 10.1. The molecule has 3 aromatic carbocycles. The van der Waals surface area contributed by atoms with E-state index in [0.29, 0.717) is 5.56 Å². The summed E-state index contributed by atoms with van der Waals surface area (Å²) >= 11 is 1.54. The summed E-state index contributed by atoms with van der Waals surface area (Å²) in [6, 6.07) is 23.8. The summed E-state index contributed by atoms with van der Waals surface area (Å²) in [6.45, 7) is 0. The van der Waals surface area contributed by atoms with Crippen LogP contribution in [-0.2, 0) is 6.42 Å². The second-order valence-corrected chi connectivity index (χ2v) is 6.94. The zero-order valence-electron chi connectivity index (χ0n) is 14.0. The van der Waals surface area contributed by atoms with Gasteiger partial charge < -0.3 is 5.11 Å². The SMILES string of the molecule is Oc1ccc(Cc2ccccc2)cc1/C=N\Nc1nc2ccccc2s1. The number of aromatic nitrogens is 1. The first-order valence-corrected chi connectivity index (χ1v) is 9.10. The normalized spacial score (nSPS) is 11.2. The molecule has 0 saturated heterocycles. The van der Waals surface area contributed by atoms with Crippen LogP contribution in [-0.4, -0.2) is 16.3 Å². The minimum atomic E-state index is 0.205. The third-order valence-corrected chi connectivity index (χ3v) is 4.94. The highest BCUT2D eigenvalue weighted by Gasteiger charge is 2.03. The number of hydrogen-bond acceptors (Lipinski definition) is 5. The van der Waals surface area contributed by atoms with Gasteiger partial charge in [0.15, 0.2) is 0 Å². The molecule has 0 aliphatic rings. The Morgan fingerprint density at radius 3 is 2.62 bits per heavy atom. The monoisotopic (exact) mass is 359 g/mol. The average Bonchev–Trinajstić information content (AvgIpc) is 3.08. The highest BCUT2D eigenvalue weighted by molar-refractivity contribution is 7.22. The Bertz CT molecular complexity index is 1020. The predicted octanol–water partition coefficient (Wildman–Crippen LogP) is 5.04. The van der Waals surface area contributed by atoms with Gasteiger partial charge in [-0.1, -0.05) is 59.9 Å². The highest BCUT2D eigenvalue weighted by Crippen LogP contribution is 2.25. The smallest absolute Gasteiger partial charge is 0.204 e. The van der Waals surface area contributed by atoms with Crippen LogP contribution in [0.3, 0.4) is 0 Å². The van der Waals surface area contributed by atoms with Crippen LogP contribution in [0.25, 0.3) is 10.2 Å². The van der Waals surface area contributed by atoms with E-state index in [9.17, 15) is 5.11 Å². The lowest BCUT2D eigenvalue weighted by atomic mass is 10.0. The van der Waals surface area contributed by atoms with Crippen molar-refractivity contribution in [3.05, 3.63) is 89.5 Å². The minimum absolute atomic E-state index is 0.205. The Labute approximate surface area is 155 Å². The number of aromatic hydroxyl groups is 1. The van der Waals surface area contributed by atoms with Gasteiger partial charge in [0.1, 0.15) is 5.75 Å². The molecule has 26 heavy (non-hydrogen) atoms. The lowest BCUT2D eigenvalue weighted by molar-refractivity contribution is 0.474. The summed E-state index contributed by atoms with van der Waals surface area (Å²) in [7, 11) is 0. The number of phenolic OH excluding ortho intramolecular Hbond substituents is 1. The fourth-order valence-electron chi connectivity index (χ4n) is 2.73. The number of phenols is 1. The van der Waals surface area contributed by atoms with Gasteiger partial charge in [-0.2, -0.15) is 5.10 Å². The van der Waals surface area contributed by atoms with Crippen molar-refractivity contribution < 1.29 is 5.11 Å². The van der Waals surface area contributed by atoms with Crippen molar-refractivity contribution in [3.63, 3.8) is 0 Å². The minimum Gasteiger partial charge on any atom is -0.507 e. The second kappa shape index (κ2) is 7.37. The Balaban J connectivity index is 1.49. The van der Waals surface area contributed by atoms with Crippen molar-refractivity contribution in [1.82, 2.24) is 4.98 Å². The highest BCUT2D eigenvalue weighted by atomic mass is 32.1. The zero-order valence-corrected chi connectivity index (χ0v) is 14.8. The van der Waals surface area contributed by atoms with E-state index in [1.807, 2.05) is 54.6 Å². The molecule has 4 aromatic rings. The fraction of sp³-hybridized carbons (Fsp3) is 0.0476. The van der Waals surface area contributed by atoms with Crippen molar-refractivity contribution in [2.45, 2.75) is 6.42 Å². The van der Waals surface area contributed by atoms with Crippen LogP contribution in [0.15, 0.2) is 77.9 Å². The van der Waals surface area contributed by atoms with Gasteiger partial charge in [0.25, 0.3) is 0 Å². The summed E-state index contributed by atoms with van der Waals surface area (Å²) in [5.41, 5.74) is 6.92. The molecular formula is C21H17N3OS. The van der Waals surface area contributed by atoms with E-state index in [0.717, 1.165) is 27.3 Å². The molecule has 0 atom stereocenters. The lowest BCUT2D eigenvalue weighted by Crippen LogP contribution is -1.93. The van der Waals surface area contributed by atoms with Crippen LogP contribution in [0.5, 0.6) is 5.75 Å². The number of hydrazone groups is 1. The number of nitrogens with zero attached hydrogens (tertiary/aromatic N) is 2. The molecule has 0 bridgehead atoms. The van der Waals surface area contributed by atoms with E-state index in [2.05, 4.69) is 27.6 Å². The van der Waals surface area contributed by atoms with Gasteiger partial charge in [-0.3, -0.25) is 5.43 Å². The molecule has 0 aliphatic carbocycles. The Morgan fingerprint density at radius 2 is 1.77 bits per heavy atom. The van der Waals surface area contributed by atoms with Crippen LogP contribution >= 0.6 is 11.3 Å². The first-order valence-electron chi connectivity index (χ1n) is 8.28. The molecule has 0 fully saturated rings. The Morgan fingerprint density at radius 1 is 0.962 bits per heavy atom. The van der Waals surface area contributed by atoms with Crippen LogP contribution in [0.4, 0.5) is 5.13 Å². The van der Waals surface area contributed by atoms with Gasteiger partial charge >= 0.3 is 0 Å². The number of benzene rings is 3. The molecule has 0 spiro atoms. The standard InChI is InChI=1S/C21H17N3OS/c25-19-11-10-16(12-15-6-2-1-3-7-15)13-17(19)14-22-24-21-23-18-8-4-5-9-20(18)26-21/h1-11,13-14,25H,12H2,(H,23,24)/b22-14-. The topological polar surface area (TPSA) is 57.5 Å². The number of nitrogens with one attached hydrogen (secondary N) is 1. The van der Waals surface area contributed by atoms with Crippen LogP contribution in [0.2, 0.25) is 0 Å². The largest absolute Gasteiger partial charge is 0.507 e.